The molecule has 56 valence electrons. The summed E-state index contributed by atoms with van der Waals surface area (Å²) in [6.07, 6.45) is 7.71. The first-order chi connectivity index (χ1) is 4.83. The van der Waals surface area contributed by atoms with Crippen LogP contribution in [0.5, 0.6) is 0 Å². The Hall–Kier alpha value is -0.260. The Morgan fingerprint density at radius 2 is 2.00 bits per heavy atom. The molecule has 0 amide bonds. The van der Waals surface area contributed by atoms with E-state index in [9.17, 15) is 0 Å². The van der Waals surface area contributed by atoms with Gasteiger partial charge in [-0.2, -0.15) is 0 Å². The second-order valence-corrected chi connectivity index (χ2v) is 3.88. The summed E-state index contributed by atoms with van der Waals surface area (Å²) in [5.41, 5.74) is 0. The highest BCUT2D eigenvalue weighted by molar-refractivity contribution is 5.12. The highest BCUT2D eigenvalue weighted by atomic mass is 14.4. The van der Waals surface area contributed by atoms with E-state index >= 15 is 0 Å². The highest BCUT2D eigenvalue weighted by Crippen LogP contribution is 2.48. The van der Waals surface area contributed by atoms with Crippen LogP contribution < -0.4 is 0 Å². The molecule has 2 rings (SSSR count). The van der Waals surface area contributed by atoms with E-state index in [1.807, 2.05) is 0 Å². The zero-order valence-electron chi connectivity index (χ0n) is 6.88. The molecule has 0 aromatic heterocycles. The summed E-state index contributed by atoms with van der Waals surface area (Å²) < 4.78 is 0. The van der Waals surface area contributed by atoms with E-state index in [1.54, 1.807) is 0 Å². The van der Waals surface area contributed by atoms with Crippen molar-refractivity contribution in [1.29, 1.82) is 0 Å². The van der Waals surface area contributed by atoms with Gasteiger partial charge in [0.25, 0.3) is 0 Å². The van der Waals surface area contributed by atoms with Crippen molar-refractivity contribution in [2.75, 3.05) is 0 Å². The summed E-state index contributed by atoms with van der Waals surface area (Å²) in [7, 11) is 0. The number of hydrogen-bond acceptors (Lipinski definition) is 0. The molecule has 0 N–H and O–H groups in total. The van der Waals surface area contributed by atoms with Crippen molar-refractivity contribution in [3.8, 4) is 0 Å². The van der Waals surface area contributed by atoms with Gasteiger partial charge in [-0.15, -0.1) is 0 Å². The Bertz CT molecular complexity index is 157. The van der Waals surface area contributed by atoms with Gasteiger partial charge in [-0.3, -0.25) is 0 Å². The molecule has 0 spiro atoms. The van der Waals surface area contributed by atoms with Gasteiger partial charge in [-0.25, -0.2) is 0 Å². The topological polar surface area (TPSA) is 0 Å². The molecule has 2 unspecified atom stereocenters. The van der Waals surface area contributed by atoms with Crippen LogP contribution in [0.4, 0.5) is 0 Å². The number of fused-ring (bicyclic) bond motifs is 2. The van der Waals surface area contributed by atoms with E-state index in [0.717, 1.165) is 23.7 Å². The average Bonchev–Trinajstić information content (AvgIpc) is 2.46. The van der Waals surface area contributed by atoms with Gasteiger partial charge >= 0.3 is 0 Å². The maximum atomic E-state index is 2.44. The molecule has 0 radical (unpaired) electrons. The molecule has 0 nitrogen and oxygen atoms in total. The van der Waals surface area contributed by atoms with E-state index in [2.05, 4.69) is 26.0 Å². The zero-order valence-corrected chi connectivity index (χ0v) is 6.88. The largest absolute Gasteiger partial charge is 0.0848 e. The maximum absolute atomic E-state index is 2.44. The molecule has 0 saturated heterocycles. The fraction of sp³-hybridized carbons (Fsp3) is 0.800. The van der Waals surface area contributed by atoms with Crippen LogP contribution in [0.2, 0.25) is 0 Å². The molecule has 0 aromatic rings. The van der Waals surface area contributed by atoms with Gasteiger partial charge in [0.05, 0.1) is 0 Å². The molecule has 2 aliphatic rings. The molecule has 1 fully saturated rings. The Kier molecular flexibility index (Phi) is 1.36. The van der Waals surface area contributed by atoms with Crippen molar-refractivity contribution in [2.24, 2.45) is 23.7 Å². The Labute approximate surface area is 63.3 Å². The van der Waals surface area contributed by atoms with E-state index < -0.39 is 0 Å². The molecule has 2 bridgehead atoms. The van der Waals surface area contributed by atoms with Crippen LogP contribution in [0.15, 0.2) is 12.2 Å². The van der Waals surface area contributed by atoms with E-state index in [0.29, 0.717) is 0 Å². The third-order valence-electron chi connectivity index (χ3n) is 3.52. The van der Waals surface area contributed by atoms with Crippen LogP contribution in [0.25, 0.3) is 0 Å². The summed E-state index contributed by atoms with van der Waals surface area (Å²) in [6.45, 7) is 4.75. The first kappa shape index (κ1) is 6.45. The molecule has 1 saturated carbocycles. The minimum Gasteiger partial charge on any atom is -0.0848 e. The predicted molar refractivity (Wildman–Crippen MR) is 43.7 cm³/mol. The summed E-state index contributed by atoms with van der Waals surface area (Å²) in [5.74, 6) is 3.87. The number of hydrogen-bond donors (Lipinski definition) is 0. The summed E-state index contributed by atoms with van der Waals surface area (Å²) in [6, 6.07) is 0. The molecular weight excluding hydrogens is 120 g/mol. The first-order valence-electron chi connectivity index (χ1n) is 4.51. The SMILES string of the molecule is CC[C@@H]1C2C=CC(C2)[C@@H]1C. The highest BCUT2D eigenvalue weighted by Gasteiger charge is 2.40. The lowest BCUT2D eigenvalue weighted by Gasteiger charge is -2.22. The van der Waals surface area contributed by atoms with Crippen LogP contribution in [0, 0.1) is 23.7 Å². The fourth-order valence-corrected chi connectivity index (χ4v) is 2.85. The summed E-state index contributed by atoms with van der Waals surface area (Å²) >= 11 is 0. The maximum Gasteiger partial charge on any atom is -0.0197 e. The molecule has 0 heteroatoms. The van der Waals surface area contributed by atoms with Crippen LogP contribution in [-0.2, 0) is 0 Å². The van der Waals surface area contributed by atoms with Gasteiger partial charge in [-0.05, 0) is 30.1 Å². The van der Waals surface area contributed by atoms with Crippen LogP contribution in [-0.4, -0.2) is 0 Å². The first-order valence-corrected chi connectivity index (χ1v) is 4.51. The van der Waals surface area contributed by atoms with Gasteiger partial charge in [0, 0.05) is 0 Å². The Morgan fingerprint density at radius 3 is 2.40 bits per heavy atom. The molecule has 2 aliphatic carbocycles. The molecular formula is C10H16. The molecule has 10 heavy (non-hydrogen) atoms. The van der Waals surface area contributed by atoms with Crippen LogP contribution in [0.3, 0.4) is 0 Å². The molecule has 4 atom stereocenters. The minimum atomic E-state index is 0.940. The van der Waals surface area contributed by atoms with Gasteiger partial charge in [-0.1, -0.05) is 32.4 Å². The molecule has 0 heterocycles. The fourth-order valence-electron chi connectivity index (χ4n) is 2.85. The normalized spacial score (nSPS) is 50.6. The summed E-state index contributed by atoms with van der Waals surface area (Å²) in [5, 5.41) is 0. The number of allylic oxidation sites excluding steroid dienone is 2. The van der Waals surface area contributed by atoms with Crippen molar-refractivity contribution >= 4 is 0 Å². The second-order valence-electron chi connectivity index (χ2n) is 3.88. The van der Waals surface area contributed by atoms with E-state index in [1.165, 1.54) is 12.8 Å². The smallest absolute Gasteiger partial charge is 0.0197 e. The minimum absolute atomic E-state index is 0.940. The van der Waals surface area contributed by atoms with Crippen LogP contribution >= 0.6 is 0 Å². The standard InChI is InChI=1S/C10H16/c1-3-10-7(2)8-4-5-9(10)6-8/h4-5,7-10H,3,6H2,1-2H3/t7-,8?,9?,10-/m0/s1. The molecule has 0 aliphatic heterocycles. The monoisotopic (exact) mass is 136 g/mol. The zero-order chi connectivity index (χ0) is 7.14. The quantitative estimate of drug-likeness (QED) is 0.486. The lowest BCUT2D eigenvalue weighted by Crippen LogP contribution is -2.15. The van der Waals surface area contributed by atoms with Gasteiger partial charge in [0.1, 0.15) is 0 Å². The van der Waals surface area contributed by atoms with Crippen molar-refractivity contribution in [3.63, 3.8) is 0 Å². The van der Waals surface area contributed by atoms with Gasteiger partial charge in [0.15, 0.2) is 0 Å². The van der Waals surface area contributed by atoms with Gasteiger partial charge < -0.3 is 0 Å². The van der Waals surface area contributed by atoms with Crippen molar-refractivity contribution in [3.05, 3.63) is 12.2 Å². The third-order valence-corrected chi connectivity index (χ3v) is 3.52. The lowest BCUT2D eigenvalue weighted by molar-refractivity contribution is 0.325. The molecule has 0 aromatic carbocycles. The second kappa shape index (κ2) is 2.11. The lowest BCUT2D eigenvalue weighted by atomic mass is 9.83. The van der Waals surface area contributed by atoms with Crippen molar-refractivity contribution < 1.29 is 0 Å². The summed E-state index contributed by atoms with van der Waals surface area (Å²) in [4.78, 5) is 0. The van der Waals surface area contributed by atoms with Crippen molar-refractivity contribution in [1.82, 2.24) is 0 Å². The van der Waals surface area contributed by atoms with E-state index in [-0.39, 0.29) is 0 Å². The number of rotatable bonds is 1. The van der Waals surface area contributed by atoms with Crippen LogP contribution in [0.1, 0.15) is 26.7 Å². The van der Waals surface area contributed by atoms with Crippen molar-refractivity contribution in [2.45, 2.75) is 26.7 Å². The predicted octanol–water partition coefficient (Wildman–Crippen LogP) is 2.85. The Morgan fingerprint density at radius 1 is 1.30 bits per heavy atom. The van der Waals surface area contributed by atoms with E-state index in [4.69, 9.17) is 0 Å². The third kappa shape index (κ3) is 0.680. The van der Waals surface area contributed by atoms with Gasteiger partial charge in [0.2, 0.25) is 0 Å². The average molecular weight is 136 g/mol. The Balaban J connectivity index is 2.18.